The predicted molar refractivity (Wildman–Crippen MR) is 105 cm³/mol. The fourth-order valence-corrected chi connectivity index (χ4v) is 4.67. The number of nitrogens with one attached hydrogen (secondary N) is 1. The van der Waals surface area contributed by atoms with Crippen LogP contribution >= 0.6 is 0 Å². The minimum atomic E-state index is -3.68. The number of aromatic nitrogens is 1. The molecule has 0 aliphatic carbocycles. The Morgan fingerprint density at radius 1 is 1.11 bits per heavy atom. The van der Waals surface area contributed by atoms with Gasteiger partial charge in [0.25, 0.3) is 5.56 Å². The van der Waals surface area contributed by atoms with Crippen LogP contribution in [0.1, 0.15) is 19.3 Å². The van der Waals surface area contributed by atoms with Crippen molar-refractivity contribution in [2.24, 2.45) is 0 Å². The number of methoxy groups -OCH3 is 1. The van der Waals surface area contributed by atoms with Crippen LogP contribution in [-0.2, 0) is 21.4 Å². The van der Waals surface area contributed by atoms with Crippen LogP contribution < -0.4 is 15.6 Å². The first-order chi connectivity index (χ1) is 13.4. The molecule has 1 fully saturated rings. The van der Waals surface area contributed by atoms with Crippen LogP contribution in [-0.4, -0.2) is 43.4 Å². The average Bonchev–Trinajstić information content (AvgIpc) is 2.70. The Balaban J connectivity index is 1.80. The zero-order valence-corrected chi connectivity index (χ0v) is 16.4. The van der Waals surface area contributed by atoms with E-state index in [0.29, 0.717) is 24.5 Å². The molecular formula is C19H23N3O5S. The van der Waals surface area contributed by atoms with E-state index in [0.717, 1.165) is 23.8 Å². The smallest absolute Gasteiger partial charge is 0.251 e. The lowest BCUT2D eigenvalue weighted by atomic mass is 10.2. The number of benzene rings is 1. The van der Waals surface area contributed by atoms with Gasteiger partial charge in [-0.25, -0.2) is 8.42 Å². The molecular weight excluding hydrogens is 382 g/mol. The van der Waals surface area contributed by atoms with Crippen molar-refractivity contribution < 1.29 is 17.9 Å². The fourth-order valence-electron chi connectivity index (χ4n) is 3.13. The van der Waals surface area contributed by atoms with Crippen molar-refractivity contribution in [3.8, 4) is 5.75 Å². The van der Waals surface area contributed by atoms with Crippen LogP contribution in [0, 0.1) is 0 Å². The molecule has 1 saturated heterocycles. The second kappa shape index (κ2) is 8.57. The third-order valence-corrected chi connectivity index (χ3v) is 6.49. The lowest BCUT2D eigenvalue weighted by molar-refractivity contribution is -0.116. The summed E-state index contributed by atoms with van der Waals surface area (Å²) in [5, 5.41) is 2.68. The van der Waals surface area contributed by atoms with Gasteiger partial charge in [0.1, 0.15) is 12.3 Å². The minimum absolute atomic E-state index is 0.0130. The van der Waals surface area contributed by atoms with Crippen molar-refractivity contribution in [3.63, 3.8) is 0 Å². The second-order valence-electron chi connectivity index (χ2n) is 6.54. The standard InChI is InChI=1S/C19H23N3O5S/c1-27-17-8-4-3-7-16(17)20-18(23)14-21-13-15(9-10-19(21)24)28(25,26)22-11-5-2-6-12-22/h3-4,7-10,13H,2,5-6,11-12,14H2,1H3,(H,20,23). The number of ether oxygens (including phenoxy) is 1. The normalized spacial score (nSPS) is 15.2. The van der Waals surface area contributed by atoms with Gasteiger partial charge in [0.15, 0.2) is 0 Å². The highest BCUT2D eigenvalue weighted by atomic mass is 32.2. The number of carbonyl (C=O) groups excluding carboxylic acids is 1. The number of anilines is 1. The van der Waals surface area contributed by atoms with E-state index >= 15 is 0 Å². The monoisotopic (exact) mass is 405 g/mol. The van der Waals surface area contributed by atoms with Crippen LogP contribution in [0.25, 0.3) is 0 Å². The third-order valence-electron chi connectivity index (χ3n) is 4.60. The van der Waals surface area contributed by atoms with Crippen LogP contribution in [0.2, 0.25) is 0 Å². The number of para-hydroxylation sites is 2. The molecule has 1 aliphatic heterocycles. The van der Waals surface area contributed by atoms with Gasteiger partial charge in [-0.1, -0.05) is 18.6 Å². The Kier molecular flexibility index (Phi) is 6.15. The molecule has 0 spiro atoms. The van der Waals surface area contributed by atoms with Crippen molar-refractivity contribution in [2.75, 3.05) is 25.5 Å². The summed E-state index contributed by atoms with van der Waals surface area (Å²) in [5.74, 6) is 0.0312. The number of hydrogen-bond acceptors (Lipinski definition) is 5. The molecule has 28 heavy (non-hydrogen) atoms. The van der Waals surface area contributed by atoms with Gasteiger partial charge in [-0.3, -0.25) is 9.59 Å². The van der Waals surface area contributed by atoms with Crippen molar-refractivity contribution in [1.82, 2.24) is 8.87 Å². The summed E-state index contributed by atoms with van der Waals surface area (Å²) >= 11 is 0. The summed E-state index contributed by atoms with van der Waals surface area (Å²) in [6.07, 6.45) is 3.88. The molecule has 9 heteroatoms. The van der Waals surface area contributed by atoms with Gasteiger partial charge < -0.3 is 14.6 Å². The number of pyridine rings is 1. The van der Waals surface area contributed by atoms with Crippen molar-refractivity contribution in [1.29, 1.82) is 0 Å². The first-order valence-corrected chi connectivity index (χ1v) is 10.5. The maximum atomic E-state index is 12.8. The Labute approximate surface area is 163 Å². The number of amides is 1. The van der Waals surface area contributed by atoms with E-state index in [1.807, 2.05) is 0 Å². The maximum absolute atomic E-state index is 12.8. The molecule has 150 valence electrons. The fraction of sp³-hybridized carbons (Fsp3) is 0.368. The van der Waals surface area contributed by atoms with Gasteiger partial charge >= 0.3 is 0 Å². The molecule has 3 rings (SSSR count). The van der Waals surface area contributed by atoms with Crippen LogP contribution in [0.5, 0.6) is 5.75 Å². The van der Waals surface area contributed by atoms with Crippen LogP contribution in [0.4, 0.5) is 5.69 Å². The molecule has 1 aromatic carbocycles. The molecule has 2 heterocycles. The Bertz CT molecular complexity index is 1010. The van der Waals surface area contributed by atoms with Crippen molar-refractivity contribution in [3.05, 3.63) is 52.9 Å². The maximum Gasteiger partial charge on any atom is 0.251 e. The molecule has 0 bridgehead atoms. The van der Waals surface area contributed by atoms with Gasteiger partial charge in [-0.2, -0.15) is 4.31 Å². The summed E-state index contributed by atoms with van der Waals surface area (Å²) in [5.41, 5.74) is 0.0212. The van der Waals surface area contributed by atoms with E-state index in [1.54, 1.807) is 24.3 Å². The zero-order valence-electron chi connectivity index (χ0n) is 15.6. The topological polar surface area (TPSA) is 97.7 Å². The van der Waals surface area contributed by atoms with E-state index in [-0.39, 0.29) is 11.4 Å². The minimum Gasteiger partial charge on any atom is -0.495 e. The summed E-state index contributed by atoms with van der Waals surface area (Å²) in [7, 11) is -2.19. The predicted octanol–water partition coefficient (Wildman–Crippen LogP) is 1.67. The molecule has 2 aromatic rings. The van der Waals surface area contributed by atoms with E-state index < -0.39 is 21.5 Å². The van der Waals surface area contributed by atoms with Crippen LogP contribution in [0.3, 0.4) is 0 Å². The first-order valence-electron chi connectivity index (χ1n) is 9.05. The number of sulfonamides is 1. The highest BCUT2D eigenvalue weighted by Gasteiger charge is 2.26. The Morgan fingerprint density at radius 2 is 1.82 bits per heavy atom. The van der Waals surface area contributed by atoms with Gasteiger partial charge in [0, 0.05) is 25.4 Å². The number of nitrogens with zero attached hydrogens (tertiary/aromatic N) is 2. The number of hydrogen-bond donors (Lipinski definition) is 1. The highest BCUT2D eigenvalue weighted by molar-refractivity contribution is 7.89. The number of carbonyl (C=O) groups is 1. The quantitative estimate of drug-likeness (QED) is 0.788. The van der Waals surface area contributed by atoms with Crippen molar-refractivity contribution in [2.45, 2.75) is 30.7 Å². The van der Waals surface area contributed by atoms with E-state index in [9.17, 15) is 18.0 Å². The molecule has 1 aromatic heterocycles. The molecule has 1 amide bonds. The second-order valence-corrected chi connectivity index (χ2v) is 8.48. The molecule has 8 nitrogen and oxygen atoms in total. The summed E-state index contributed by atoms with van der Waals surface area (Å²) in [6.45, 7) is 0.631. The van der Waals surface area contributed by atoms with Gasteiger partial charge in [-0.05, 0) is 31.0 Å². The summed E-state index contributed by atoms with van der Waals surface area (Å²) < 4.78 is 33.3. The average molecular weight is 405 g/mol. The highest BCUT2D eigenvalue weighted by Crippen LogP contribution is 2.23. The number of rotatable bonds is 6. The van der Waals surface area contributed by atoms with E-state index in [1.165, 1.54) is 29.7 Å². The zero-order chi connectivity index (χ0) is 20.1. The van der Waals surface area contributed by atoms with Gasteiger partial charge in [0.05, 0.1) is 17.7 Å². The molecule has 0 atom stereocenters. The molecule has 0 saturated carbocycles. The summed E-state index contributed by atoms with van der Waals surface area (Å²) in [6, 6.07) is 9.36. The molecule has 1 aliphatic rings. The third kappa shape index (κ3) is 4.42. The largest absolute Gasteiger partial charge is 0.495 e. The van der Waals surface area contributed by atoms with Crippen molar-refractivity contribution >= 4 is 21.6 Å². The molecule has 0 unspecified atom stereocenters. The molecule has 0 radical (unpaired) electrons. The van der Waals surface area contributed by atoms with Gasteiger partial charge in [0.2, 0.25) is 15.9 Å². The Hall–Kier alpha value is -2.65. The molecule has 1 N–H and O–H groups in total. The lowest BCUT2D eigenvalue weighted by Gasteiger charge is -2.26. The SMILES string of the molecule is COc1ccccc1NC(=O)Cn1cc(S(=O)(=O)N2CCCCC2)ccc1=O. The lowest BCUT2D eigenvalue weighted by Crippen LogP contribution is -2.36. The van der Waals surface area contributed by atoms with Gasteiger partial charge in [-0.15, -0.1) is 0 Å². The van der Waals surface area contributed by atoms with E-state index in [4.69, 9.17) is 4.74 Å². The Morgan fingerprint density at radius 3 is 2.54 bits per heavy atom. The number of piperidine rings is 1. The first kappa shape index (κ1) is 20.1. The van der Waals surface area contributed by atoms with Crippen LogP contribution in [0.15, 0.2) is 52.3 Å². The van der Waals surface area contributed by atoms with E-state index in [2.05, 4.69) is 5.32 Å². The summed E-state index contributed by atoms with van der Waals surface area (Å²) in [4.78, 5) is 24.5.